The molecule has 3 aliphatic carbocycles. The highest BCUT2D eigenvalue weighted by Crippen LogP contribution is 2.60. The van der Waals surface area contributed by atoms with Gasteiger partial charge >= 0.3 is 0 Å². The highest BCUT2D eigenvalue weighted by Gasteiger charge is 2.50. The zero-order chi connectivity index (χ0) is 23.0. The molecule has 31 heavy (non-hydrogen) atoms. The van der Waals surface area contributed by atoms with E-state index in [0.717, 1.165) is 24.0 Å². The van der Waals surface area contributed by atoms with Gasteiger partial charge in [0, 0.05) is 12.8 Å². The minimum atomic E-state index is -0.834. The molecule has 3 saturated carbocycles. The second-order valence-corrected chi connectivity index (χ2v) is 11.5. The van der Waals surface area contributed by atoms with Crippen LogP contribution in [0.25, 0.3) is 0 Å². The van der Waals surface area contributed by atoms with Crippen LogP contribution >= 0.6 is 0 Å². The summed E-state index contributed by atoms with van der Waals surface area (Å²) in [7, 11) is 0. The number of rotatable bonds is 6. The van der Waals surface area contributed by atoms with Crippen LogP contribution in [0.4, 0.5) is 0 Å². The Balaban J connectivity index is 1.72. The van der Waals surface area contributed by atoms with Crippen molar-refractivity contribution in [2.24, 2.45) is 23.2 Å². The van der Waals surface area contributed by atoms with E-state index >= 15 is 0 Å². The van der Waals surface area contributed by atoms with Gasteiger partial charge in [0.25, 0.3) is 0 Å². The van der Waals surface area contributed by atoms with Crippen molar-refractivity contribution < 1.29 is 20.4 Å². The lowest BCUT2D eigenvalue weighted by Gasteiger charge is -2.44. The third-order valence-electron chi connectivity index (χ3n) is 8.37. The molecule has 0 aliphatic heterocycles. The van der Waals surface area contributed by atoms with Crippen LogP contribution in [0.15, 0.2) is 35.5 Å². The fraction of sp³-hybridized carbons (Fsp3) is 0.778. The molecule has 3 rings (SSSR count). The van der Waals surface area contributed by atoms with E-state index in [-0.39, 0.29) is 5.41 Å². The molecule has 3 aliphatic rings. The Hall–Kier alpha value is -0.940. The van der Waals surface area contributed by atoms with Crippen LogP contribution in [0, 0.1) is 23.2 Å². The van der Waals surface area contributed by atoms with Gasteiger partial charge in [-0.1, -0.05) is 38.2 Å². The van der Waals surface area contributed by atoms with Crippen molar-refractivity contribution in [1.82, 2.24) is 0 Å². The first-order valence-electron chi connectivity index (χ1n) is 12.3. The number of hydrogen-bond donors (Lipinski definition) is 4. The van der Waals surface area contributed by atoms with E-state index in [9.17, 15) is 20.4 Å². The highest BCUT2D eigenvalue weighted by atomic mass is 16.3. The summed E-state index contributed by atoms with van der Waals surface area (Å²) >= 11 is 0. The lowest BCUT2D eigenvalue weighted by molar-refractivity contribution is 0.000127. The van der Waals surface area contributed by atoms with Crippen molar-refractivity contribution >= 4 is 0 Å². The Morgan fingerprint density at radius 3 is 2.61 bits per heavy atom. The van der Waals surface area contributed by atoms with E-state index in [1.165, 1.54) is 31.3 Å². The fourth-order valence-electron chi connectivity index (χ4n) is 6.93. The van der Waals surface area contributed by atoms with Gasteiger partial charge in [0.2, 0.25) is 0 Å². The Bertz CT molecular complexity index is 715. The molecule has 176 valence electrons. The van der Waals surface area contributed by atoms with Crippen molar-refractivity contribution in [3.05, 3.63) is 35.5 Å². The molecule has 0 heterocycles. The van der Waals surface area contributed by atoms with Crippen molar-refractivity contribution in [2.75, 3.05) is 0 Å². The lowest BCUT2D eigenvalue weighted by Crippen LogP contribution is -2.37. The quantitative estimate of drug-likeness (QED) is 0.491. The molecule has 3 fully saturated rings. The molecule has 0 radical (unpaired) electrons. The second kappa shape index (κ2) is 9.51. The minimum absolute atomic E-state index is 0.249. The standard InChI is InChI=1S/C27H44O4/c1-17(13-22(29)16-26(3,4)31)23-10-11-24-19(7-6-12-27(23,24)5)8-9-20-14-21(28)15-25(30)18(20)2/h8-9,17,21-25,28-31H,2,6-7,10-16H2,1,3-5H3/b19-8-,20-9+/t17-,21-,22?,23-,24+,25+,27-/m1/s1. The molecule has 0 aromatic rings. The van der Waals surface area contributed by atoms with Gasteiger partial charge in [-0.2, -0.15) is 0 Å². The first kappa shape index (κ1) is 24.7. The smallest absolute Gasteiger partial charge is 0.0811 e. The number of hydrogen-bond acceptors (Lipinski definition) is 4. The van der Waals surface area contributed by atoms with Crippen LogP contribution in [-0.4, -0.2) is 44.3 Å². The molecule has 7 atom stereocenters. The predicted octanol–water partition coefficient (Wildman–Crippen LogP) is 4.68. The maximum atomic E-state index is 10.5. The molecular weight excluding hydrogens is 388 g/mol. The zero-order valence-electron chi connectivity index (χ0n) is 20.0. The first-order chi connectivity index (χ1) is 14.4. The van der Waals surface area contributed by atoms with E-state index in [1.807, 2.05) is 0 Å². The third-order valence-corrected chi connectivity index (χ3v) is 8.37. The summed E-state index contributed by atoms with van der Waals surface area (Å²) in [4.78, 5) is 0. The largest absolute Gasteiger partial charge is 0.393 e. The maximum Gasteiger partial charge on any atom is 0.0811 e. The minimum Gasteiger partial charge on any atom is -0.393 e. The summed E-state index contributed by atoms with van der Waals surface area (Å²) in [6, 6.07) is 0. The molecule has 1 unspecified atom stereocenters. The molecule has 4 nitrogen and oxygen atoms in total. The number of fused-ring (bicyclic) bond motifs is 1. The van der Waals surface area contributed by atoms with E-state index in [0.29, 0.717) is 37.0 Å². The molecule has 0 bridgehead atoms. The van der Waals surface area contributed by atoms with Gasteiger partial charge in [-0.15, -0.1) is 0 Å². The summed E-state index contributed by atoms with van der Waals surface area (Å²) in [5.41, 5.74) is 2.64. The first-order valence-corrected chi connectivity index (χ1v) is 12.3. The van der Waals surface area contributed by atoms with Gasteiger partial charge in [0.1, 0.15) is 0 Å². The number of allylic oxidation sites excluding steroid dienone is 3. The summed E-state index contributed by atoms with van der Waals surface area (Å²) in [5.74, 6) is 1.57. The molecular formula is C27H44O4. The van der Waals surface area contributed by atoms with E-state index < -0.39 is 23.9 Å². The maximum absolute atomic E-state index is 10.5. The average Bonchev–Trinajstić information content (AvgIpc) is 2.99. The zero-order valence-corrected chi connectivity index (χ0v) is 20.0. The van der Waals surface area contributed by atoms with E-state index in [2.05, 4.69) is 32.6 Å². The fourth-order valence-corrected chi connectivity index (χ4v) is 6.93. The average molecular weight is 433 g/mol. The van der Waals surface area contributed by atoms with E-state index in [1.54, 1.807) is 13.8 Å². The molecule has 0 spiro atoms. The third kappa shape index (κ3) is 5.71. The Morgan fingerprint density at radius 1 is 1.23 bits per heavy atom. The van der Waals surface area contributed by atoms with Crippen LogP contribution < -0.4 is 0 Å². The molecule has 0 aromatic heterocycles. The van der Waals surface area contributed by atoms with Crippen molar-refractivity contribution in [3.8, 4) is 0 Å². The number of aliphatic hydroxyl groups excluding tert-OH is 3. The van der Waals surface area contributed by atoms with Gasteiger partial charge in [0.05, 0.1) is 23.9 Å². The molecule has 0 amide bonds. The highest BCUT2D eigenvalue weighted by molar-refractivity contribution is 5.38. The monoisotopic (exact) mass is 432 g/mol. The topological polar surface area (TPSA) is 80.9 Å². The number of aliphatic hydroxyl groups is 4. The Kier molecular flexibility index (Phi) is 7.57. The molecule has 0 saturated heterocycles. The van der Waals surface area contributed by atoms with Crippen molar-refractivity contribution in [2.45, 2.75) is 109 Å². The normalized spacial score (nSPS) is 39.0. The molecule has 4 heteroatoms. The van der Waals surface area contributed by atoms with Gasteiger partial charge in [-0.05, 0) is 93.1 Å². The second-order valence-electron chi connectivity index (χ2n) is 11.5. The van der Waals surface area contributed by atoms with E-state index in [4.69, 9.17) is 0 Å². The van der Waals surface area contributed by atoms with Crippen LogP contribution in [0.2, 0.25) is 0 Å². The molecule has 0 aromatic carbocycles. The van der Waals surface area contributed by atoms with Crippen LogP contribution in [0.1, 0.15) is 85.5 Å². The van der Waals surface area contributed by atoms with Gasteiger partial charge in [-0.3, -0.25) is 0 Å². The van der Waals surface area contributed by atoms with Crippen LogP contribution in [-0.2, 0) is 0 Å². The van der Waals surface area contributed by atoms with Gasteiger partial charge < -0.3 is 20.4 Å². The summed E-state index contributed by atoms with van der Waals surface area (Å²) < 4.78 is 0. The summed E-state index contributed by atoms with van der Waals surface area (Å²) in [5, 5.41) is 40.7. The SMILES string of the molecule is C=C1/C(=C/C=C2/CCC[C@]3(C)[C@@H]([C@H](C)CC(O)CC(C)(C)O)CC[C@@H]23)C[C@@H](O)C[C@@H]1O. The Morgan fingerprint density at radius 2 is 1.94 bits per heavy atom. The van der Waals surface area contributed by atoms with Crippen molar-refractivity contribution in [3.63, 3.8) is 0 Å². The van der Waals surface area contributed by atoms with Crippen molar-refractivity contribution in [1.29, 1.82) is 0 Å². The summed E-state index contributed by atoms with van der Waals surface area (Å²) in [6.07, 6.45) is 10.8. The molecule has 4 N–H and O–H groups in total. The lowest BCUT2D eigenvalue weighted by atomic mass is 9.60. The summed E-state index contributed by atoms with van der Waals surface area (Å²) in [6.45, 7) is 12.3. The van der Waals surface area contributed by atoms with Gasteiger partial charge in [0.15, 0.2) is 0 Å². The van der Waals surface area contributed by atoms with Crippen LogP contribution in [0.5, 0.6) is 0 Å². The van der Waals surface area contributed by atoms with Crippen LogP contribution in [0.3, 0.4) is 0 Å². The Labute approximate surface area is 188 Å². The van der Waals surface area contributed by atoms with Gasteiger partial charge in [-0.25, -0.2) is 0 Å². The predicted molar refractivity (Wildman–Crippen MR) is 125 cm³/mol.